The average molecular weight is 188 g/mol. The van der Waals surface area contributed by atoms with Crippen LogP contribution in [0, 0.1) is 15.9 Å². The van der Waals surface area contributed by atoms with Gasteiger partial charge in [-0.3, -0.25) is 10.1 Å². The van der Waals surface area contributed by atoms with Gasteiger partial charge in [-0.25, -0.2) is 0 Å². The van der Waals surface area contributed by atoms with Gasteiger partial charge in [0.15, 0.2) is 4.90 Å². The van der Waals surface area contributed by atoms with Crippen LogP contribution in [0.5, 0.6) is 0 Å². The van der Waals surface area contributed by atoms with Crippen LogP contribution in [0.1, 0.15) is 0 Å². The zero-order chi connectivity index (χ0) is 9.14. The lowest BCUT2D eigenvalue weighted by molar-refractivity contribution is -0.387. The number of nitro benzene ring substituents is 1. The third-order valence-electron chi connectivity index (χ3n) is 1.39. The van der Waals surface area contributed by atoms with E-state index >= 15 is 0 Å². The standard InChI is InChI=1S/C7H6FNO2S/c1-12-5-2-3-7(9(10)11)6(8)4-5/h2-4H,1H3/p+1. The Morgan fingerprint density at radius 1 is 1.58 bits per heavy atom. The first-order valence-corrected chi connectivity index (χ1v) is 4.53. The first kappa shape index (κ1) is 8.99. The van der Waals surface area contributed by atoms with Gasteiger partial charge in [-0.05, 0) is 0 Å². The SMILES string of the molecule is C[SH+]c1ccc([N+](=O)[O-])c(F)c1. The van der Waals surface area contributed by atoms with Gasteiger partial charge < -0.3 is 0 Å². The molecule has 0 fully saturated rings. The maximum atomic E-state index is 12.8. The van der Waals surface area contributed by atoms with E-state index in [9.17, 15) is 14.5 Å². The molecule has 0 radical (unpaired) electrons. The number of benzene rings is 1. The highest BCUT2D eigenvalue weighted by Gasteiger charge is 2.15. The second-order valence-corrected chi connectivity index (χ2v) is 3.08. The van der Waals surface area contributed by atoms with Gasteiger partial charge in [-0.2, -0.15) is 4.39 Å². The van der Waals surface area contributed by atoms with E-state index in [4.69, 9.17) is 0 Å². The first-order valence-electron chi connectivity index (χ1n) is 3.19. The lowest BCUT2D eigenvalue weighted by Gasteiger charge is -1.92. The van der Waals surface area contributed by atoms with Crippen LogP contribution in [0.2, 0.25) is 0 Å². The number of halogens is 1. The molecule has 1 aromatic carbocycles. The number of thiol groups is 1. The van der Waals surface area contributed by atoms with Crippen LogP contribution in [-0.4, -0.2) is 11.2 Å². The summed E-state index contributed by atoms with van der Waals surface area (Å²) in [6.07, 6.45) is 1.83. The summed E-state index contributed by atoms with van der Waals surface area (Å²) in [5, 5.41) is 10.2. The number of nitrogens with zero attached hydrogens (tertiary/aromatic N) is 1. The molecule has 5 heteroatoms. The molecule has 0 aliphatic heterocycles. The van der Waals surface area contributed by atoms with Crippen molar-refractivity contribution in [2.75, 3.05) is 6.26 Å². The monoisotopic (exact) mass is 188 g/mol. The van der Waals surface area contributed by atoms with E-state index in [1.807, 2.05) is 6.26 Å². The molecule has 0 bridgehead atoms. The fourth-order valence-corrected chi connectivity index (χ4v) is 1.25. The molecule has 12 heavy (non-hydrogen) atoms. The molecule has 1 rings (SSSR count). The van der Waals surface area contributed by atoms with Gasteiger partial charge in [0.05, 0.1) is 4.92 Å². The third kappa shape index (κ3) is 1.73. The van der Waals surface area contributed by atoms with Crippen molar-refractivity contribution in [3.8, 4) is 0 Å². The molecule has 0 spiro atoms. The molecule has 0 N–H and O–H groups in total. The molecule has 0 saturated carbocycles. The van der Waals surface area contributed by atoms with Gasteiger partial charge in [-0.15, -0.1) is 0 Å². The fraction of sp³-hybridized carbons (Fsp3) is 0.143. The van der Waals surface area contributed by atoms with Gasteiger partial charge in [0, 0.05) is 30.0 Å². The normalized spacial score (nSPS) is 9.83. The van der Waals surface area contributed by atoms with Crippen LogP contribution in [-0.2, 0) is 11.8 Å². The molecule has 0 atom stereocenters. The molecule has 0 amide bonds. The van der Waals surface area contributed by atoms with Crippen LogP contribution in [0.3, 0.4) is 0 Å². The minimum Gasteiger partial charge on any atom is -0.258 e. The number of hydrogen-bond donors (Lipinski definition) is 0. The summed E-state index contributed by atoms with van der Waals surface area (Å²) in [5.41, 5.74) is -0.470. The van der Waals surface area contributed by atoms with E-state index in [1.165, 1.54) is 12.1 Å². The van der Waals surface area contributed by atoms with Gasteiger partial charge >= 0.3 is 5.69 Å². The van der Waals surface area contributed by atoms with Gasteiger partial charge in [-0.1, -0.05) is 0 Å². The minimum absolute atomic E-state index is 0.470. The quantitative estimate of drug-likeness (QED) is 0.306. The molecule has 0 heterocycles. The molecular formula is C7H7FNO2S+. The Labute approximate surface area is 72.7 Å². The summed E-state index contributed by atoms with van der Waals surface area (Å²) in [6.45, 7) is 0. The maximum absolute atomic E-state index is 12.8. The van der Waals surface area contributed by atoms with Gasteiger partial charge in [0.2, 0.25) is 5.82 Å². The van der Waals surface area contributed by atoms with E-state index in [-0.39, 0.29) is 0 Å². The summed E-state index contributed by atoms with van der Waals surface area (Å²) >= 11 is 0.897. The van der Waals surface area contributed by atoms with Crippen molar-refractivity contribution in [3.63, 3.8) is 0 Å². The molecule has 0 aliphatic rings. The number of rotatable bonds is 2. The van der Waals surface area contributed by atoms with Gasteiger partial charge in [0.1, 0.15) is 6.26 Å². The van der Waals surface area contributed by atoms with E-state index < -0.39 is 16.4 Å². The lowest BCUT2D eigenvalue weighted by Crippen LogP contribution is -1.93. The highest BCUT2D eigenvalue weighted by atomic mass is 32.2. The second-order valence-electron chi connectivity index (χ2n) is 2.12. The summed E-state index contributed by atoms with van der Waals surface area (Å²) in [7, 11) is 0. The molecule has 0 aliphatic carbocycles. The van der Waals surface area contributed by atoms with E-state index in [0.29, 0.717) is 0 Å². The van der Waals surface area contributed by atoms with E-state index in [2.05, 4.69) is 0 Å². The zero-order valence-corrected chi connectivity index (χ0v) is 7.22. The summed E-state index contributed by atoms with van der Waals surface area (Å²) in [5.74, 6) is -0.771. The smallest absolute Gasteiger partial charge is 0.258 e. The Kier molecular flexibility index (Phi) is 2.65. The van der Waals surface area contributed by atoms with Crippen LogP contribution in [0.4, 0.5) is 10.1 Å². The van der Waals surface area contributed by atoms with Crippen molar-refractivity contribution in [2.45, 2.75) is 4.90 Å². The highest BCUT2D eigenvalue weighted by Crippen LogP contribution is 2.18. The Morgan fingerprint density at radius 2 is 2.25 bits per heavy atom. The van der Waals surface area contributed by atoms with Crippen molar-refractivity contribution >= 4 is 17.4 Å². The molecule has 0 unspecified atom stereocenters. The third-order valence-corrected chi connectivity index (χ3v) is 2.18. The van der Waals surface area contributed by atoms with E-state index in [1.54, 1.807) is 6.07 Å². The summed E-state index contributed by atoms with van der Waals surface area (Å²) in [4.78, 5) is 10.2. The minimum atomic E-state index is -0.771. The van der Waals surface area contributed by atoms with Crippen molar-refractivity contribution in [2.24, 2.45) is 0 Å². The molecule has 3 nitrogen and oxygen atoms in total. The first-order chi connectivity index (χ1) is 5.65. The zero-order valence-electron chi connectivity index (χ0n) is 6.32. The Balaban J connectivity index is 3.12. The van der Waals surface area contributed by atoms with Crippen LogP contribution in [0.25, 0.3) is 0 Å². The molecule has 1 aromatic rings. The Bertz CT molecular complexity index is 316. The van der Waals surface area contributed by atoms with E-state index in [0.717, 1.165) is 16.7 Å². The van der Waals surface area contributed by atoms with Crippen molar-refractivity contribution in [1.82, 2.24) is 0 Å². The van der Waals surface area contributed by atoms with Gasteiger partial charge in [0.25, 0.3) is 0 Å². The summed E-state index contributed by atoms with van der Waals surface area (Å²) in [6, 6.07) is 3.91. The Morgan fingerprint density at radius 3 is 2.67 bits per heavy atom. The fourth-order valence-electron chi connectivity index (χ4n) is 0.783. The number of hydrogen-bond acceptors (Lipinski definition) is 2. The lowest BCUT2D eigenvalue weighted by atomic mass is 10.3. The van der Waals surface area contributed by atoms with Crippen LogP contribution < -0.4 is 0 Å². The molecule has 0 aromatic heterocycles. The van der Waals surface area contributed by atoms with Crippen molar-refractivity contribution < 1.29 is 9.31 Å². The summed E-state index contributed by atoms with van der Waals surface area (Å²) < 4.78 is 12.8. The predicted octanol–water partition coefficient (Wildman–Crippen LogP) is 1.54. The largest absolute Gasteiger partial charge is 0.305 e. The van der Waals surface area contributed by atoms with Crippen molar-refractivity contribution in [1.29, 1.82) is 0 Å². The molecule has 0 saturated heterocycles. The number of nitro groups is 1. The average Bonchev–Trinajstić information content (AvgIpc) is 2.03. The maximum Gasteiger partial charge on any atom is 0.305 e. The Hall–Kier alpha value is -1.10. The second kappa shape index (κ2) is 3.53. The van der Waals surface area contributed by atoms with Crippen LogP contribution in [0.15, 0.2) is 23.1 Å². The molecular weight excluding hydrogens is 181 g/mol. The predicted molar refractivity (Wildman–Crippen MR) is 46.0 cm³/mol. The topological polar surface area (TPSA) is 43.1 Å². The van der Waals surface area contributed by atoms with Crippen LogP contribution >= 0.6 is 0 Å². The van der Waals surface area contributed by atoms with Crippen molar-refractivity contribution in [3.05, 3.63) is 34.1 Å². The highest BCUT2D eigenvalue weighted by molar-refractivity contribution is 7.77. The molecule has 64 valence electrons.